The Morgan fingerprint density at radius 3 is 2.61 bits per heavy atom. The largest absolute Gasteiger partial charge is 0.342 e. The molecule has 7 nitrogen and oxygen atoms in total. The van der Waals surface area contributed by atoms with E-state index in [0.29, 0.717) is 17.3 Å². The summed E-state index contributed by atoms with van der Waals surface area (Å²) in [5.41, 5.74) is 1.54. The third kappa shape index (κ3) is 4.36. The number of hydrogen-bond acceptors (Lipinski definition) is 5. The molecular formula is C19H28N4O3S2. The quantitative estimate of drug-likeness (QED) is 0.579. The summed E-state index contributed by atoms with van der Waals surface area (Å²) in [5, 5.41) is 0.764. The molecule has 1 aliphatic carbocycles. The molecule has 1 amide bonds. The normalized spacial score (nSPS) is 14.8. The number of thioether (sulfide) groups is 1. The number of nitrogens with zero attached hydrogens (tertiary/aromatic N) is 4. The SMILES string of the molecule is CCCCn1c(SCC(=O)N(C)C2CC2)nc2cc(S(=O)(=O)N(C)C)ccc21. The summed E-state index contributed by atoms with van der Waals surface area (Å²) >= 11 is 1.43. The van der Waals surface area contributed by atoms with E-state index in [0.717, 1.165) is 42.9 Å². The maximum Gasteiger partial charge on any atom is 0.242 e. The average molecular weight is 425 g/mol. The molecule has 1 fully saturated rings. The van der Waals surface area contributed by atoms with Crippen LogP contribution in [0.15, 0.2) is 28.3 Å². The summed E-state index contributed by atoms with van der Waals surface area (Å²) in [6.07, 6.45) is 4.21. The van der Waals surface area contributed by atoms with Gasteiger partial charge in [-0.1, -0.05) is 25.1 Å². The van der Waals surface area contributed by atoms with Gasteiger partial charge in [0.1, 0.15) is 0 Å². The Bertz CT molecular complexity index is 965. The minimum absolute atomic E-state index is 0.109. The molecule has 0 spiro atoms. The molecule has 0 saturated heterocycles. The molecule has 0 bridgehead atoms. The number of rotatable bonds is 9. The van der Waals surface area contributed by atoms with Gasteiger partial charge in [0.2, 0.25) is 15.9 Å². The molecule has 1 heterocycles. The van der Waals surface area contributed by atoms with Gasteiger partial charge in [0.15, 0.2) is 5.16 Å². The first-order chi connectivity index (χ1) is 13.3. The van der Waals surface area contributed by atoms with Crippen LogP contribution in [0.25, 0.3) is 11.0 Å². The Morgan fingerprint density at radius 1 is 1.29 bits per heavy atom. The van der Waals surface area contributed by atoms with E-state index in [1.165, 1.54) is 30.2 Å². The van der Waals surface area contributed by atoms with Gasteiger partial charge in [-0.2, -0.15) is 0 Å². The first-order valence-corrected chi connectivity index (χ1v) is 12.0. The number of amides is 1. The Kier molecular flexibility index (Phi) is 6.36. The third-order valence-corrected chi connectivity index (χ3v) is 7.78. The predicted molar refractivity (Wildman–Crippen MR) is 112 cm³/mol. The van der Waals surface area contributed by atoms with Crippen LogP contribution in [-0.2, 0) is 21.4 Å². The number of aryl methyl sites for hydroxylation is 1. The second-order valence-corrected chi connectivity index (χ2v) is 10.5. The van der Waals surface area contributed by atoms with Gasteiger partial charge in [-0.05, 0) is 37.5 Å². The number of aromatic nitrogens is 2. The highest BCUT2D eigenvalue weighted by Crippen LogP contribution is 2.29. The van der Waals surface area contributed by atoms with Crippen LogP contribution >= 0.6 is 11.8 Å². The van der Waals surface area contributed by atoms with E-state index in [2.05, 4.69) is 16.5 Å². The molecule has 1 saturated carbocycles. The molecule has 1 aromatic carbocycles. The molecule has 154 valence electrons. The summed E-state index contributed by atoms with van der Waals surface area (Å²) < 4.78 is 28.2. The lowest BCUT2D eigenvalue weighted by Crippen LogP contribution is -2.30. The van der Waals surface area contributed by atoms with Crippen molar-refractivity contribution in [1.29, 1.82) is 0 Å². The molecule has 0 unspecified atom stereocenters. The van der Waals surface area contributed by atoms with Crippen LogP contribution in [-0.4, -0.2) is 66.0 Å². The minimum Gasteiger partial charge on any atom is -0.342 e. The number of sulfonamides is 1. The number of imidazole rings is 1. The van der Waals surface area contributed by atoms with Crippen molar-refractivity contribution < 1.29 is 13.2 Å². The summed E-state index contributed by atoms with van der Waals surface area (Å²) in [6, 6.07) is 5.46. The number of carbonyl (C=O) groups excluding carboxylic acids is 1. The van der Waals surface area contributed by atoms with Gasteiger partial charge >= 0.3 is 0 Å². The lowest BCUT2D eigenvalue weighted by atomic mass is 10.3. The van der Waals surface area contributed by atoms with Crippen molar-refractivity contribution in [3.8, 4) is 0 Å². The highest BCUT2D eigenvalue weighted by molar-refractivity contribution is 7.99. The standard InChI is InChI=1S/C19H28N4O3S2/c1-5-6-11-23-17-10-9-15(28(25,26)21(2)3)12-16(17)20-19(23)27-13-18(24)22(4)14-7-8-14/h9-10,12,14H,5-8,11,13H2,1-4H3. The van der Waals surface area contributed by atoms with Crippen LogP contribution < -0.4 is 0 Å². The summed E-state index contributed by atoms with van der Waals surface area (Å²) in [7, 11) is 1.38. The summed E-state index contributed by atoms with van der Waals surface area (Å²) in [6.45, 7) is 2.92. The first-order valence-electron chi connectivity index (χ1n) is 9.57. The van der Waals surface area contributed by atoms with Crippen molar-refractivity contribution in [1.82, 2.24) is 18.8 Å². The Hall–Kier alpha value is -1.58. The molecule has 0 N–H and O–H groups in total. The second-order valence-electron chi connectivity index (χ2n) is 7.36. The van der Waals surface area contributed by atoms with Gasteiger partial charge < -0.3 is 9.47 Å². The fraction of sp³-hybridized carbons (Fsp3) is 0.579. The second kappa shape index (κ2) is 8.42. The maximum atomic E-state index is 12.4. The molecule has 9 heteroatoms. The van der Waals surface area contributed by atoms with E-state index >= 15 is 0 Å². The lowest BCUT2D eigenvalue weighted by Gasteiger charge is -2.16. The lowest BCUT2D eigenvalue weighted by molar-refractivity contribution is -0.127. The highest BCUT2D eigenvalue weighted by atomic mass is 32.2. The van der Waals surface area contributed by atoms with Crippen LogP contribution in [0.4, 0.5) is 0 Å². The number of hydrogen-bond donors (Lipinski definition) is 0. The van der Waals surface area contributed by atoms with Crippen LogP contribution in [0, 0.1) is 0 Å². The molecule has 1 aliphatic rings. The zero-order chi connectivity index (χ0) is 20.5. The van der Waals surface area contributed by atoms with Gasteiger partial charge in [0.05, 0.1) is 21.7 Å². The molecule has 1 aromatic heterocycles. The fourth-order valence-corrected chi connectivity index (χ4v) is 4.88. The van der Waals surface area contributed by atoms with Crippen molar-refractivity contribution >= 4 is 38.7 Å². The molecule has 0 radical (unpaired) electrons. The molecule has 2 aromatic rings. The third-order valence-electron chi connectivity index (χ3n) is 5.01. The highest BCUT2D eigenvalue weighted by Gasteiger charge is 2.29. The Balaban J connectivity index is 1.90. The van der Waals surface area contributed by atoms with E-state index in [1.54, 1.807) is 12.1 Å². The van der Waals surface area contributed by atoms with Crippen molar-refractivity contribution in [3.63, 3.8) is 0 Å². The minimum atomic E-state index is -3.51. The fourth-order valence-electron chi connectivity index (χ4n) is 2.99. The maximum absolute atomic E-state index is 12.4. The van der Waals surface area contributed by atoms with E-state index in [1.807, 2.05) is 18.0 Å². The van der Waals surface area contributed by atoms with Crippen molar-refractivity contribution in [2.24, 2.45) is 0 Å². The molecule has 0 atom stereocenters. The van der Waals surface area contributed by atoms with Crippen molar-refractivity contribution in [2.75, 3.05) is 26.9 Å². The van der Waals surface area contributed by atoms with E-state index in [-0.39, 0.29) is 10.8 Å². The molecular weight excluding hydrogens is 396 g/mol. The van der Waals surface area contributed by atoms with Gasteiger partial charge in [-0.15, -0.1) is 0 Å². The van der Waals surface area contributed by atoms with Gasteiger partial charge in [0, 0.05) is 33.7 Å². The molecule has 3 rings (SSSR count). The molecule has 28 heavy (non-hydrogen) atoms. The topological polar surface area (TPSA) is 75.5 Å². The van der Waals surface area contributed by atoms with Gasteiger partial charge in [-0.25, -0.2) is 17.7 Å². The summed E-state index contributed by atoms with van der Waals surface area (Å²) in [5.74, 6) is 0.447. The van der Waals surface area contributed by atoms with Crippen molar-refractivity contribution in [3.05, 3.63) is 18.2 Å². The zero-order valence-corrected chi connectivity index (χ0v) is 18.5. The average Bonchev–Trinajstić information content (AvgIpc) is 3.45. The molecule has 0 aliphatic heterocycles. The van der Waals surface area contributed by atoms with Crippen LogP contribution in [0.3, 0.4) is 0 Å². The van der Waals surface area contributed by atoms with Crippen LogP contribution in [0.1, 0.15) is 32.6 Å². The number of carbonyl (C=O) groups is 1. The van der Waals surface area contributed by atoms with Gasteiger partial charge in [-0.3, -0.25) is 4.79 Å². The Labute approximate surface area is 171 Å². The van der Waals surface area contributed by atoms with Gasteiger partial charge in [0.25, 0.3) is 0 Å². The van der Waals surface area contributed by atoms with Crippen LogP contribution in [0.5, 0.6) is 0 Å². The van der Waals surface area contributed by atoms with E-state index < -0.39 is 10.0 Å². The Morgan fingerprint density at radius 2 is 2.00 bits per heavy atom. The monoisotopic (exact) mass is 424 g/mol. The van der Waals surface area contributed by atoms with Crippen molar-refractivity contribution in [2.45, 2.75) is 55.2 Å². The zero-order valence-electron chi connectivity index (χ0n) is 16.9. The van der Waals surface area contributed by atoms with E-state index in [4.69, 9.17) is 0 Å². The predicted octanol–water partition coefficient (Wildman–Crippen LogP) is 2.80. The first kappa shape index (κ1) is 21.1. The van der Waals surface area contributed by atoms with Crippen LogP contribution in [0.2, 0.25) is 0 Å². The number of unbranched alkanes of at least 4 members (excludes halogenated alkanes) is 1. The number of fused-ring (bicyclic) bond motifs is 1. The smallest absolute Gasteiger partial charge is 0.242 e. The van der Waals surface area contributed by atoms with E-state index in [9.17, 15) is 13.2 Å². The number of benzene rings is 1. The summed E-state index contributed by atoms with van der Waals surface area (Å²) in [4.78, 5) is 19.1.